The Morgan fingerprint density at radius 1 is 1.14 bits per heavy atom. The Bertz CT molecular complexity index is 1270. The number of nitrogens with one attached hydrogen (secondary N) is 1. The van der Waals surface area contributed by atoms with Crippen molar-refractivity contribution in [3.8, 4) is 11.1 Å². The van der Waals surface area contributed by atoms with Crippen LogP contribution >= 0.6 is 0 Å². The van der Waals surface area contributed by atoms with Gasteiger partial charge in [0, 0.05) is 35.8 Å². The Kier molecular flexibility index (Phi) is 8.17. The molecule has 0 saturated carbocycles. The van der Waals surface area contributed by atoms with Crippen molar-refractivity contribution in [2.75, 3.05) is 0 Å². The van der Waals surface area contributed by atoms with Crippen molar-refractivity contribution < 1.29 is 19.1 Å². The molecule has 2 aromatic heterocycles. The van der Waals surface area contributed by atoms with Crippen molar-refractivity contribution in [2.45, 2.75) is 52.6 Å². The first-order chi connectivity index (χ1) is 16.6. The fourth-order valence-electron chi connectivity index (χ4n) is 4.12. The maximum atomic E-state index is 14.5. The van der Waals surface area contributed by atoms with Crippen LogP contribution in [0.5, 0.6) is 0 Å². The average Bonchev–Trinajstić information content (AvgIpc) is 2.77. The van der Waals surface area contributed by atoms with Gasteiger partial charge in [-0.15, -0.1) is 0 Å². The first-order valence-electron chi connectivity index (χ1n) is 11.5. The summed E-state index contributed by atoms with van der Waals surface area (Å²) in [7, 11) is 0. The van der Waals surface area contributed by atoms with Gasteiger partial charge in [0.1, 0.15) is 11.9 Å². The topological polar surface area (TPSA) is 101 Å². The van der Waals surface area contributed by atoms with E-state index in [2.05, 4.69) is 10.3 Å². The molecule has 35 heavy (non-hydrogen) atoms. The second kappa shape index (κ2) is 11.1. The second-order valence-corrected chi connectivity index (χ2v) is 9.19. The molecule has 2 atom stereocenters. The molecule has 1 aromatic carbocycles. The molecule has 0 bridgehead atoms. The molecule has 3 aromatic rings. The zero-order chi connectivity index (χ0) is 25.7. The number of benzene rings is 1. The van der Waals surface area contributed by atoms with Gasteiger partial charge in [0.25, 0.3) is 5.56 Å². The van der Waals surface area contributed by atoms with Crippen LogP contribution in [0.25, 0.3) is 11.1 Å². The van der Waals surface area contributed by atoms with Gasteiger partial charge in [-0.25, -0.2) is 4.39 Å². The number of carboxylic acids is 1. The summed E-state index contributed by atoms with van der Waals surface area (Å²) in [6.07, 6.45) is 4.54. The monoisotopic (exact) mass is 479 g/mol. The van der Waals surface area contributed by atoms with Crippen LogP contribution in [0.4, 0.5) is 4.39 Å². The lowest BCUT2D eigenvalue weighted by molar-refractivity contribution is -0.138. The lowest BCUT2D eigenvalue weighted by Crippen LogP contribution is -2.40. The van der Waals surface area contributed by atoms with Gasteiger partial charge in [-0.1, -0.05) is 26.0 Å². The van der Waals surface area contributed by atoms with Gasteiger partial charge in [-0.2, -0.15) is 0 Å². The zero-order valence-electron chi connectivity index (χ0n) is 20.3. The van der Waals surface area contributed by atoms with Gasteiger partial charge in [0.2, 0.25) is 5.91 Å². The van der Waals surface area contributed by atoms with Crippen LogP contribution in [-0.2, 0) is 9.59 Å². The number of carbonyl (C=O) groups excluding carboxylic acids is 1. The summed E-state index contributed by atoms with van der Waals surface area (Å²) in [5, 5.41) is 12.3. The molecule has 0 saturated heterocycles. The molecule has 184 valence electrons. The van der Waals surface area contributed by atoms with Crippen molar-refractivity contribution in [3.05, 3.63) is 87.9 Å². The number of hydrogen-bond acceptors (Lipinski definition) is 4. The number of aryl methyl sites for hydroxylation is 2. The molecule has 1 amide bonds. The SMILES string of the molecule is Cc1ccn(C(CC(C)C)C(=O)N[C@@H](CC(=O)O)c2cncc(-c3c(C)cccc3F)c2)c(=O)c1. The van der Waals surface area contributed by atoms with Crippen molar-refractivity contribution in [1.82, 2.24) is 14.9 Å². The Morgan fingerprint density at radius 3 is 2.51 bits per heavy atom. The Labute approximate surface area is 203 Å². The summed E-state index contributed by atoms with van der Waals surface area (Å²) < 4.78 is 15.9. The highest BCUT2D eigenvalue weighted by atomic mass is 19.1. The molecule has 0 aliphatic rings. The van der Waals surface area contributed by atoms with Crippen molar-refractivity contribution >= 4 is 11.9 Å². The molecule has 0 spiro atoms. The van der Waals surface area contributed by atoms with Crippen molar-refractivity contribution in [2.24, 2.45) is 5.92 Å². The Morgan fingerprint density at radius 2 is 1.89 bits per heavy atom. The summed E-state index contributed by atoms with van der Waals surface area (Å²) in [4.78, 5) is 41.8. The number of aliphatic carboxylic acids is 1. The minimum absolute atomic E-state index is 0.103. The van der Waals surface area contributed by atoms with Crippen LogP contribution in [0.3, 0.4) is 0 Å². The van der Waals surface area contributed by atoms with Gasteiger partial charge in [0.15, 0.2) is 0 Å². The molecule has 2 heterocycles. The van der Waals surface area contributed by atoms with Gasteiger partial charge >= 0.3 is 5.97 Å². The number of rotatable bonds is 9. The van der Waals surface area contributed by atoms with E-state index in [-0.39, 0.29) is 11.5 Å². The largest absolute Gasteiger partial charge is 0.481 e. The third-order valence-electron chi connectivity index (χ3n) is 5.80. The standard InChI is InChI=1S/C27H30FN3O4/c1-16(2)10-23(31-9-8-17(3)11-24(31)32)27(35)30-22(13-25(33)34)19-12-20(15-29-14-19)26-18(4)6-5-7-21(26)28/h5-9,11-12,14-16,22-23H,10,13H2,1-4H3,(H,30,35)(H,33,34)/t22-,23?/m0/s1. The summed E-state index contributed by atoms with van der Waals surface area (Å²) in [6, 6.07) is 7.85. The Hall–Kier alpha value is -3.81. The highest BCUT2D eigenvalue weighted by molar-refractivity contribution is 5.81. The smallest absolute Gasteiger partial charge is 0.305 e. The molecular weight excluding hydrogens is 449 g/mol. The Balaban J connectivity index is 1.98. The van der Waals surface area contributed by atoms with E-state index in [1.165, 1.54) is 29.1 Å². The number of halogens is 1. The van der Waals surface area contributed by atoms with E-state index in [1.807, 2.05) is 13.8 Å². The summed E-state index contributed by atoms with van der Waals surface area (Å²) in [6.45, 7) is 7.46. The maximum Gasteiger partial charge on any atom is 0.305 e. The van der Waals surface area contributed by atoms with Crippen LogP contribution in [0.2, 0.25) is 0 Å². The van der Waals surface area contributed by atoms with Crippen molar-refractivity contribution in [1.29, 1.82) is 0 Å². The minimum atomic E-state index is -1.12. The van der Waals surface area contributed by atoms with Crippen molar-refractivity contribution in [3.63, 3.8) is 0 Å². The fourth-order valence-corrected chi connectivity index (χ4v) is 4.12. The number of nitrogens with zero attached hydrogens (tertiary/aromatic N) is 2. The number of carboxylic acid groups (broad SMARTS) is 1. The lowest BCUT2D eigenvalue weighted by atomic mass is 9.97. The predicted molar refractivity (Wildman–Crippen MR) is 131 cm³/mol. The first kappa shape index (κ1) is 25.8. The third kappa shape index (κ3) is 6.41. The highest BCUT2D eigenvalue weighted by Crippen LogP contribution is 2.29. The van der Waals surface area contributed by atoms with E-state index in [1.54, 1.807) is 44.3 Å². The van der Waals surface area contributed by atoms with Crippen LogP contribution < -0.4 is 10.9 Å². The zero-order valence-corrected chi connectivity index (χ0v) is 20.3. The van der Waals surface area contributed by atoms with E-state index in [9.17, 15) is 23.9 Å². The molecule has 0 radical (unpaired) electrons. The number of amides is 1. The molecule has 2 N–H and O–H groups in total. The fraction of sp³-hybridized carbons (Fsp3) is 0.333. The van der Waals surface area contributed by atoms with E-state index in [0.29, 0.717) is 28.7 Å². The number of hydrogen-bond donors (Lipinski definition) is 2. The van der Waals surface area contributed by atoms with Gasteiger partial charge in [0.05, 0.1) is 12.5 Å². The quantitative estimate of drug-likeness (QED) is 0.468. The summed E-state index contributed by atoms with van der Waals surface area (Å²) >= 11 is 0. The number of pyridine rings is 2. The van der Waals surface area contributed by atoms with E-state index in [0.717, 1.165) is 5.56 Å². The molecule has 3 rings (SSSR count). The number of carbonyl (C=O) groups is 2. The molecule has 0 fully saturated rings. The molecule has 8 heteroatoms. The summed E-state index contributed by atoms with van der Waals surface area (Å²) in [5.74, 6) is -1.90. The van der Waals surface area contributed by atoms with E-state index < -0.39 is 36.2 Å². The third-order valence-corrected chi connectivity index (χ3v) is 5.80. The number of aromatic nitrogens is 2. The van der Waals surface area contributed by atoms with Gasteiger partial charge in [-0.3, -0.25) is 19.4 Å². The summed E-state index contributed by atoms with van der Waals surface area (Å²) in [5.41, 5.74) is 2.46. The molecule has 1 unspecified atom stereocenters. The van der Waals surface area contributed by atoms with E-state index in [4.69, 9.17) is 0 Å². The second-order valence-electron chi connectivity index (χ2n) is 9.19. The van der Waals surface area contributed by atoms with E-state index >= 15 is 0 Å². The van der Waals surface area contributed by atoms with Crippen LogP contribution in [0, 0.1) is 25.6 Å². The lowest BCUT2D eigenvalue weighted by Gasteiger charge is -2.25. The molecule has 7 nitrogen and oxygen atoms in total. The predicted octanol–water partition coefficient (Wildman–Crippen LogP) is 4.59. The average molecular weight is 480 g/mol. The van der Waals surface area contributed by atoms with Gasteiger partial charge < -0.3 is 15.0 Å². The molecule has 0 aliphatic heterocycles. The first-order valence-corrected chi connectivity index (χ1v) is 11.5. The highest BCUT2D eigenvalue weighted by Gasteiger charge is 2.27. The maximum absolute atomic E-state index is 14.5. The molecule has 0 aliphatic carbocycles. The molecular formula is C27H30FN3O4. The van der Waals surface area contributed by atoms with Crippen LogP contribution in [0.15, 0.2) is 59.8 Å². The minimum Gasteiger partial charge on any atom is -0.481 e. The van der Waals surface area contributed by atoms with Crippen LogP contribution in [0.1, 0.15) is 55.5 Å². The van der Waals surface area contributed by atoms with Gasteiger partial charge in [-0.05, 0) is 61.1 Å². The van der Waals surface area contributed by atoms with Crippen LogP contribution in [-0.4, -0.2) is 26.5 Å². The normalized spacial score (nSPS) is 12.9.